The Morgan fingerprint density at radius 1 is 0.667 bits per heavy atom. The molecule has 0 radical (unpaired) electrons. The summed E-state index contributed by atoms with van der Waals surface area (Å²) in [6.07, 6.45) is 8.66. The fraction of sp³-hybridized carbons (Fsp3) is 0.833. The first-order valence-corrected chi connectivity index (χ1v) is 18.7. The van der Waals surface area contributed by atoms with Crippen molar-refractivity contribution in [2.45, 2.75) is 59.5 Å². The van der Waals surface area contributed by atoms with Gasteiger partial charge in [0.1, 0.15) is 12.8 Å². The highest BCUT2D eigenvalue weighted by molar-refractivity contribution is 8.04. The van der Waals surface area contributed by atoms with Crippen molar-refractivity contribution < 1.29 is 29.4 Å². The van der Waals surface area contributed by atoms with Crippen molar-refractivity contribution in [1.29, 1.82) is 0 Å². The Balaban J connectivity index is 0.000000640. The number of rotatable bonds is 18. The monoisotopic (exact) mass is 646 g/mol. The van der Waals surface area contributed by atoms with Crippen LogP contribution >= 0.6 is 58.8 Å². The minimum atomic E-state index is -1.31. The van der Waals surface area contributed by atoms with Crippen molar-refractivity contribution in [2.24, 2.45) is 11.5 Å². The topological polar surface area (TPSA) is 185 Å². The molecule has 2 rings (SSSR count). The molecule has 228 valence electrons. The average Bonchev–Trinajstić information content (AvgIpc) is 2.83. The number of hydrogen-bond acceptors (Lipinski definition) is 11. The highest BCUT2D eigenvalue weighted by atomic mass is 32.2. The molecule has 2 saturated carbocycles. The lowest BCUT2D eigenvalue weighted by Crippen LogP contribution is -2.35. The first-order valence-electron chi connectivity index (χ1n) is 12.9. The van der Waals surface area contributed by atoms with E-state index < -0.39 is 18.4 Å². The summed E-state index contributed by atoms with van der Waals surface area (Å²) in [6, 6.07) is 0. The summed E-state index contributed by atoms with van der Waals surface area (Å²) in [6.45, 7) is 2.91. The van der Waals surface area contributed by atoms with Gasteiger partial charge in [-0.25, -0.2) is 0 Å². The maximum Gasteiger partial charge on any atom is 0.314 e. The Labute approximate surface area is 254 Å². The number of carbonyl (C=O) groups excluding carboxylic acids is 2. The maximum atomic E-state index is 11.5. The number of carboxylic acid groups (broad SMARTS) is 2. The molecule has 0 aliphatic heterocycles. The first-order chi connectivity index (χ1) is 18.7. The lowest BCUT2D eigenvalue weighted by molar-refractivity contribution is -0.147. The predicted molar refractivity (Wildman–Crippen MR) is 172 cm³/mol. The lowest BCUT2D eigenvalue weighted by Gasteiger charge is -2.35. The summed E-state index contributed by atoms with van der Waals surface area (Å²) < 4.78 is 0. The van der Waals surface area contributed by atoms with Gasteiger partial charge in [-0.2, -0.15) is 58.8 Å². The van der Waals surface area contributed by atoms with E-state index in [2.05, 4.69) is 16.9 Å². The standard InChI is InChI=1S/C13H24N2O2S3.C8H18N2S2.C3H4O4/c1-18-7-5-14-12(16)9-13(17)15-6-8-20-11-4-3-10(11)19-2;9-3-5-11-7-1-2-8(7)12-6-4-10;4-2(5)1-3(6)7/h10-11H,3-9H2,1-2H3,(H,14,16)(H,15,17);7-8H,1-6,9-10H2;1H2,(H,4,5)(H,6,7). The lowest BCUT2D eigenvalue weighted by atomic mass is 9.99. The zero-order valence-corrected chi connectivity index (χ0v) is 27.0. The van der Waals surface area contributed by atoms with Gasteiger partial charge in [-0.3, -0.25) is 19.2 Å². The van der Waals surface area contributed by atoms with Crippen molar-refractivity contribution in [3.63, 3.8) is 0 Å². The van der Waals surface area contributed by atoms with Crippen molar-refractivity contribution in [2.75, 3.05) is 61.7 Å². The molecule has 2 fully saturated rings. The quantitative estimate of drug-likeness (QED) is 0.0940. The molecule has 0 saturated heterocycles. The van der Waals surface area contributed by atoms with Crippen LogP contribution in [0.1, 0.15) is 38.5 Å². The van der Waals surface area contributed by atoms with E-state index >= 15 is 0 Å². The number of nitrogens with two attached hydrogens (primary N) is 2. The van der Waals surface area contributed by atoms with Crippen molar-refractivity contribution in [3.8, 4) is 0 Å². The number of carbonyl (C=O) groups is 4. The molecular weight excluding hydrogens is 601 g/mol. The molecule has 15 heteroatoms. The van der Waals surface area contributed by atoms with E-state index in [9.17, 15) is 19.2 Å². The van der Waals surface area contributed by atoms with Crippen LogP contribution in [0.4, 0.5) is 0 Å². The molecule has 10 nitrogen and oxygen atoms in total. The second kappa shape index (κ2) is 25.3. The number of carboxylic acids is 2. The van der Waals surface area contributed by atoms with Gasteiger partial charge in [-0.1, -0.05) is 0 Å². The molecule has 0 heterocycles. The average molecular weight is 647 g/mol. The van der Waals surface area contributed by atoms with Crippen LogP contribution in [0.5, 0.6) is 0 Å². The number of hydrogen-bond donors (Lipinski definition) is 6. The summed E-state index contributed by atoms with van der Waals surface area (Å²) in [4.78, 5) is 41.8. The smallest absolute Gasteiger partial charge is 0.314 e. The molecule has 2 aliphatic carbocycles. The van der Waals surface area contributed by atoms with Gasteiger partial charge in [0.05, 0.1) is 0 Å². The number of amides is 2. The maximum absolute atomic E-state index is 11.5. The SMILES string of the molecule is CSCCNC(=O)CC(=O)NCCSC1CCC1SC.NCCSC1CCC1SCCN.O=C(O)CC(=O)O. The molecule has 0 aromatic rings. The molecule has 8 N–H and O–H groups in total. The molecular formula is C24H46N4O6S5. The summed E-state index contributed by atoms with van der Waals surface area (Å²) in [7, 11) is 0. The van der Waals surface area contributed by atoms with Gasteiger partial charge in [-0.05, 0) is 38.2 Å². The van der Waals surface area contributed by atoms with Gasteiger partial charge in [-0.15, -0.1) is 0 Å². The van der Waals surface area contributed by atoms with Crippen LogP contribution in [-0.4, -0.2) is 117 Å². The highest BCUT2D eigenvalue weighted by Gasteiger charge is 2.31. The van der Waals surface area contributed by atoms with E-state index in [1.807, 2.05) is 53.3 Å². The Morgan fingerprint density at radius 3 is 1.41 bits per heavy atom. The van der Waals surface area contributed by atoms with E-state index in [4.69, 9.17) is 21.7 Å². The van der Waals surface area contributed by atoms with Gasteiger partial charge in [0, 0.05) is 70.2 Å². The van der Waals surface area contributed by atoms with Gasteiger partial charge < -0.3 is 32.3 Å². The molecule has 4 atom stereocenters. The summed E-state index contributed by atoms with van der Waals surface area (Å²) in [5.74, 6) is 1.05. The summed E-state index contributed by atoms with van der Waals surface area (Å²) >= 11 is 9.62. The van der Waals surface area contributed by atoms with E-state index in [1.165, 1.54) is 25.7 Å². The number of nitrogens with one attached hydrogen (secondary N) is 2. The Morgan fingerprint density at radius 2 is 1.08 bits per heavy atom. The first kappa shape index (κ1) is 38.5. The van der Waals surface area contributed by atoms with E-state index in [-0.39, 0.29) is 18.2 Å². The molecule has 0 spiro atoms. The van der Waals surface area contributed by atoms with Crippen LogP contribution in [0, 0.1) is 0 Å². The van der Waals surface area contributed by atoms with Gasteiger partial charge in [0.15, 0.2) is 0 Å². The fourth-order valence-electron chi connectivity index (χ4n) is 3.25. The largest absolute Gasteiger partial charge is 0.481 e. The van der Waals surface area contributed by atoms with Gasteiger partial charge in [0.25, 0.3) is 0 Å². The van der Waals surface area contributed by atoms with E-state index in [0.29, 0.717) is 13.1 Å². The van der Waals surface area contributed by atoms with Crippen molar-refractivity contribution in [3.05, 3.63) is 0 Å². The van der Waals surface area contributed by atoms with Gasteiger partial charge in [0.2, 0.25) is 11.8 Å². The van der Waals surface area contributed by atoms with Crippen LogP contribution in [-0.2, 0) is 19.2 Å². The van der Waals surface area contributed by atoms with Crippen LogP contribution in [0.2, 0.25) is 0 Å². The van der Waals surface area contributed by atoms with Crippen molar-refractivity contribution >= 4 is 82.6 Å². The third-order valence-electron chi connectivity index (χ3n) is 5.51. The third-order valence-corrected chi connectivity index (χ3v) is 12.0. The van der Waals surface area contributed by atoms with Gasteiger partial charge >= 0.3 is 11.9 Å². The minimum absolute atomic E-state index is 0.0596. The summed E-state index contributed by atoms with van der Waals surface area (Å²) in [5, 5.41) is 24.2. The van der Waals surface area contributed by atoms with Crippen LogP contribution in [0.25, 0.3) is 0 Å². The third kappa shape index (κ3) is 21.0. The van der Waals surface area contributed by atoms with E-state index in [0.717, 1.165) is 57.1 Å². The van der Waals surface area contributed by atoms with Crippen LogP contribution in [0.15, 0.2) is 0 Å². The Kier molecular flexibility index (Phi) is 25.0. The molecule has 2 aliphatic rings. The van der Waals surface area contributed by atoms with E-state index in [1.54, 1.807) is 11.8 Å². The molecule has 0 aromatic heterocycles. The predicted octanol–water partition coefficient (Wildman–Crippen LogP) is 2.05. The Hall–Kier alpha value is -0.450. The molecule has 2 amide bonds. The molecule has 39 heavy (non-hydrogen) atoms. The molecule has 0 bridgehead atoms. The van der Waals surface area contributed by atoms with Crippen molar-refractivity contribution in [1.82, 2.24) is 10.6 Å². The zero-order chi connectivity index (χ0) is 29.5. The second-order valence-corrected chi connectivity index (χ2v) is 14.7. The molecule has 0 aromatic carbocycles. The van der Waals surface area contributed by atoms with Crippen LogP contribution in [0.3, 0.4) is 0 Å². The van der Waals surface area contributed by atoms with Crippen LogP contribution < -0.4 is 22.1 Å². The number of aliphatic carboxylic acids is 2. The zero-order valence-electron chi connectivity index (χ0n) is 22.9. The fourth-order valence-corrected chi connectivity index (χ4v) is 8.77. The Bertz CT molecular complexity index is 682. The minimum Gasteiger partial charge on any atom is -0.481 e. The number of thioether (sulfide) groups is 5. The summed E-state index contributed by atoms with van der Waals surface area (Å²) in [5.41, 5.74) is 10.9. The normalized spacial score (nSPS) is 21.0. The molecule has 4 unspecified atom stereocenters. The highest BCUT2D eigenvalue weighted by Crippen LogP contribution is 2.40. The second-order valence-electron chi connectivity index (χ2n) is 8.57.